The maximum absolute atomic E-state index is 14.3. The van der Waals surface area contributed by atoms with Crippen molar-refractivity contribution < 1.29 is 22.0 Å². The normalized spacial score (nSPS) is 15.6. The summed E-state index contributed by atoms with van der Waals surface area (Å²) in [5.41, 5.74) is 8.05. The van der Waals surface area contributed by atoms with Crippen molar-refractivity contribution in [1.82, 2.24) is 25.7 Å². The molecule has 13 heteroatoms. The van der Waals surface area contributed by atoms with E-state index in [-0.39, 0.29) is 5.75 Å². The predicted molar refractivity (Wildman–Crippen MR) is 177 cm³/mol. The molecule has 10 nitrogen and oxygen atoms in total. The van der Waals surface area contributed by atoms with Crippen LogP contribution in [0.5, 0.6) is 0 Å². The third kappa shape index (κ3) is 7.60. The number of fused-ring (bicyclic) bond motifs is 1. The Morgan fingerprint density at radius 3 is 2.55 bits per heavy atom. The second-order valence-electron chi connectivity index (χ2n) is 11.0. The maximum atomic E-state index is 14.3. The van der Waals surface area contributed by atoms with Gasteiger partial charge in [0.25, 0.3) is 5.91 Å². The Morgan fingerprint density at radius 1 is 0.979 bits per heavy atom. The third-order valence-corrected chi connectivity index (χ3v) is 8.40. The third-order valence-electron chi connectivity index (χ3n) is 7.45. The molecule has 2 aliphatic rings. The van der Waals surface area contributed by atoms with Crippen molar-refractivity contribution in [2.75, 3.05) is 29.2 Å². The Morgan fingerprint density at radius 2 is 1.74 bits per heavy atom. The average Bonchev–Trinajstić information content (AvgIpc) is 3.43. The SMILES string of the molecule is CS(=O)(=O)CCNCc1cccc(Nc2nccc(C3=C4C=CC=CN4NC3c3cccc(NC(=O)c4c(F)cccc4F)c3)n2)c1. The molecule has 0 radical (unpaired) electrons. The topological polar surface area (TPSA) is 128 Å². The minimum atomic E-state index is -3.04. The molecule has 1 amide bonds. The Bertz CT molecular complexity index is 2010. The van der Waals surface area contributed by atoms with E-state index in [9.17, 15) is 22.0 Å². The summed E-state index contributed by atoms with van der Waals surface area (Å²) in [4.78, 5) is 22.1. The minimum absolute atomic E-state index is 0.0637. The molecule has 0 saturated heterocycles. The van der Waals surface area contributed by atoms with Crippen molar-refractivity contribution in [2.45, 2.75) is 12.6 Å². The van der Waals surface area contributed by atoms with Gasteiger partial charge in [0.15, 0.2) is 0 Å². The summed E-state index contributed by atoms with van der Waals surface area (Å²) >= 11 is 0. The molecule has 4 aromatic rings. The average molecular weight is 656 g/mol. The van der Waals surface area contributed by atoms with Crippen LogP contribution in [0.3, 0.4) is 0 Å². The van der Waals surface area contributed by atoms with Crippen LogP contribution in [0.4, 0.5) is 26.1 Å². The van der Waals surface area contributed by atoms with E-state index in [1.165, 1.54) is 12.3 Å². The molecule has 0 fully saturated rings. The first-order chi connectivity index (χ1) is 22.6. The van der Waals surface area contributed by atoms with Gasteiger partial charge in [0.2, 0.25) is 5.95 Å². The summed E-state index contributed by atoms with van der Waals surface area (Å²) in [6, 6.07) is 19.4. The molecule has 0 spiro atoms. The summed E-state index contributed by atoms with van der Waals surface area (Å²) in [6.45, 7) is 0.855. The number of carbonyl (C=O) groups excluding carboxylic acids is 1. The van der Waals surface area contributed by atoms with E-state index in [2.05, 4.69) is 26.4 Å². The van der Waals surface area contributed by atoms with Gasteiger partial charge < -0.3 is 16.0 Å². The summed E-state index contributed by atoms with van der Waals surface area (Å²) in [5, 5.41) is 10.9. The molecule has 4 N–H and O–H groups in total. The number of hydrogen-bond acceptors (Lipinski definition) is 9. The lowest BCUT2D eigenvalue weighted by molar-refractivity contribution is 0.101. The van der Waals surface area contributed by atoms with Crippen molar-refractivity contribution >= 4 is 38.6 Å². The van der Waals surface area contributed by atoms with E-state index in [4.69, 9.17) is 4.98 Å². The van der Waals surface area contributed by atoms with Crippen LogP contribution in [-0.2, 0) is 16.4 Å². The number of benzene rings is 3. The van der Waals surface area contributed by atoms with Gasteiger partial charge in [0.1, 0.15) is 27.0 Å². The van der Waals surface area contributed by atoms with Crippen molar-refractivity contribution in [3.8, 4) is 0 Å². The van der Waals surface area contributed by atoms with E-state index in [1.807, 2.05) is 65.8 Å². The molecule has 6 rings (SSSR count). The van der Waals surface area contributed by atoms with Crippen LogP contribution in [0.2, 0.25) is 0 Å². The summed E-state index contributed by atoms with van der Waals surface area (Å²) in [6.07, 6.45) is 10.5. The Kier molecular flexibility index (Phi) is 9.20. The minimum Gasteiger partial charge on any atom is -0.324 e. The number of carbonyl (C=O) groups is 1. The zero-order chi connectivity index (χ0) is 33.0. The smallest absolute Gasteiger partial charge is 0.261 e. The van der Waals surface area contributed by atoms with E-state index >= 15 is 0 Å². The number of allylic oxidation sites excluding steroid dienone is 3. The van der Waals surface area contributed by atoms with Crippen LogP contribution in [0.1, 0.15) is 33.2 Å². The Balaban J connectivity index is 1.24. The van der Waals surface area contributed by atoms with E-state index in [1.54, 1.807) is 24.4 Å². The number of hydrogen-bond donors (Lipinski definition) is 4. The standard InChI is InChI=1S/C34H31F2N7O3S/c1-47(45,46)18-16-37-21-22-7-4-9-24(19-22)40-34-38-15-14-28(41-34)31-29-13-2-3-17-43(29)42-32(31)23-8-5-10-25(20-23)39-33(44)30-26(35)11-6-12-27(30)36/h2-15,17,19-20,32,37,42H,16,18,21H2,1H3,(H,39,44)(H,38,40,41). The van der Waals surface area contributed by atoms with Crippen molar-refractivity contribution in [1.29, 1.82) is 0 Å². The quantitative estimate of drug-likeness (QED) is 0.160. The monoisotopic (exact) mass is 655 g/mol. The molecule has 1 unspecified atom stereocenters. The van der Waals surface area contributed by atoms with Crippen LogP contribution in [-0.4, -0.2) is 47.9 Å². The molecule has 0 aliphatic carbocycles. The molecule has 47 heavy (non-hydrogen) atoms. The van der Waals surface area contributed by atoms with Crippen LogP contribution in [0, 0.1) is 11.6 Å². The lowest BCUT2D eigenvalue weighted by atomic mass is 9.95. The molecule has 1 atom stereocenters. The van der Waals surface area contributed by atoms with Gasteiger partial charge in [0.05, 0.1) is 23.2 Å². The van der Waals surface area contributed by atoms with Gasteiger partial charge in [-0.1, -0.05) is 36.4 Å². The zero-order valence-corrected chi connectivity index (χ0v) is 26.1. The highest BCUT2D eigenvalue weighted by molar-refractivity contribution is 7.90. The fourth-order valence-electron chi connectivity index (χ4n) is 5.30. The van der Waals surface area contributed by atoms with E-state index in [0.717, 1.165) is 40.2 Å². The number of rotatable bonds is 11. The molecule has 240 valence electrons. The van der Waals surface area contributed by atoms with Crippen LogP contribution in [0.15, 0.2) is 109 Å². The molecule has 1 aromatic heterocycles. The maximum Gasteiger partial charge on any atom is 0.261 e. The molecule has 3 heterocycles. The first kappa shape index (κ1) is 31.7. The lowest BCUT2D eigenvalue weighted by Crippen LogP contribution is -2.29. The predicted octanol–water partition coefficient (Wildman–Crippen LogP) is 5.24. The van der Waals surface area contributed by atoms with Crippen molar-refractivity contribution in [3.05, 3.63) is 143 Å². The number of nitrogens with zero attached hydrogens (tertiary/aromatic N) is 3. The Labute approximate surface area is 270 Å². The summed E-state index contributed by atoms with van der Waals surface area (Å²) in [7, 11) is -3.04. The highest BCUT2D eigenvalue weighted by Gasteiger charge is 2.33. The fourth-order valence-corrected chi connectivity index (χ4v) is 5.81. The largest absolute Gasteiger partial charge is 0.324 e. The molecular formula is C34H31F2N7O3S. The van der Waals surface area contributed by atoms with Gasteiger partial charge in [-0.15, -0.1) is 0 Å². The zero-order valence-electron chi connectivity index (χ0n) is 25.2. The second-order valence-corrected chi connectivity index (χ2v) is 13.3. The van der Waals surface area contributed by atoms with Gasteiger partial charge in [0, 0.05) is 48.7 Å². The number of amides is 1. The number of sulfone groups is 1. The van der Waals surface area contributed by atoms with Gasteiger partial charge in [-0.2, -0.15) is 0 Å². The van der Waals surface area contributed by atoms with E-state index < -0.39 is 39.0 Å². The van der Waals surface area contributed by atoms with Crippen LogP contribution >= 0.6 is 0 Å². The summed E-state index contributed by atoms with van der Waals surface area (Å²) < 4.78 is 51.3. The fraction of sp³-hybridized carbons (Fsp3) is 0.147. The number of hydrazine groups is 1. The van der Waals surface area contributed by atoms with Crippen molar-refractivity contribution in [3.63, 3.8) is 0 Å². The number of halogens is 2. The molecule has 0 bridgehead atoms. The Hall–Kier alpha value is -5.24. The molecular weight excluding hydrogens is 624 g/mol. The van der Waals surface area contributed by atoms with Gasteiger partial charge >= 0.3 is 0 Å². The first-order valence-corrected chi connectivity index (χ1v) is 16.8. The highest BCUT2D eigenvalue weighted by atomic mass is 32.2. The molecule has 0 saturated carbocycles. The molecule has 2 aliphatic heterocycles. The van der Waals surface area contributed by atoms with Gasteiger partial charge in [-0.3, -0.25) is 9.80 Å². The molecule has 3 aromatic carbocycles. The van der Waals surface area contributed by atoms with Crippen LogP contribution < -0.4 is 21.4 Å². The number of aromatic nitrogens is 2. The van der Waals surface area contributed by atoms with Gasteiger partial charge in [-0.25, -0.2) is 32.6 Å². The summed E-state index contributed by atoms with van der Waals surface area (Å²) in [5.74, 6) is -2.34. The van der Waals surface area contributed by atoms with Crippen molar-refractivity contribution in [2.24, 2.45) is 0 Å². The lowest BCUT2D eigenvalue weighted by Gasteiger charge is -2.20. The van der Waals surface area contributed by atoms with E-state index in [0.29, 0.717) is 30.4 Å². The van der Waals surface area contributed by atoms with Gasteiger partial charge in [-0.05, 0) is 65.7 Å². The first-order valence-electron chi connectivity index (χ1n) is 14.7. The number of anilines is 3. The van der Waals surface area contributed by atoms with Crippen LogP contribution in [0.25, 0.3) is 5.57 Å². The second kappa shape index (κ2) is 13.6. The number of nitrogens with one attached hydrogen (secondary N) is 4. The highest BCUT2D eigenvalue weighted by Crippen LogP contribution is 2.40.